The highest BCUT2D eigenvalue weighted by molar-refractivity contribution is 6.30. The molecule has 0 fully saturated rings. The van der Waals surface area contributed by atoms with Crippen LogP contribution in [0.25, 0.3) is 0 Å². The van der Waals surface area contributed by atoms with E-state index in [1.165, 1.54) is 18.4 Å². The Hall–Kier alpha value is -0.530. The number of rotatable bonds is 8. The van der Waals surface area contributed by atoms with Crippen LogP contribution in [0.5, 0.6) is 0 Å². The van der Waals surface area contributed by atoms with Crippen LogP contribution in [0, 0.1) is 11.8 Å². The topological polar surface area (TPSA) is 12.0 Å². The first kappa shape index (κ1) is 16.5. The van der Waals surface area contributed by atoms with Crippen LogP contribution in [-0.4, -0.2) is 12.6 Å². The molecule has 0 saturated carbocycles. The highest BCUT2D eigenvalue weighted by Gasteiger charge is 2.17. The molecule has 1 N–H and O–H groups in total. The molecule has 1 aromatic carbocycles. The lowest BCUT2D eigenvalue weighted by atomic mass is 9.85. The molecule has 0 heterocycles. The minimum absolute atomic E-state index is 0.557. The van der Waals surface area contributed by atoms with Crippen molar-refractivity contribution in [2.75, 3.05) is 6.54 Å². The Morgan fingerprint density at radius 3 is 2.26 bits per heavy atom. The first-order valence-electron chi connectivity index (χ1n) is 7.50. The fourth-order valence-corrected chi connectivity index (χ4v) is 2.60. The molecule has 0 aliphatic heterocycles. The molecule has 0 amide bonds. The summed E-state index contributed by atoms with van der Waals surface area (Å²) in [4.78, 5) is 0. The molecule has 0 aliphatic rings. The van der Waals surface area contributed by atoms with Crippen LogP contribution in [0.2, 0.25) is 5.02 Å². The number of nitrogens with one attached hydrogen (secondary N) is 1. The molecule has 0 radical (unpaired) electrons. The number of halogens is 1. The summed E-state index contributed by atoms with van der Waals surface area (Å²) in [6.07, 6.45) is 3.70. The second-order valence-corrected chi connectivity index (χ2v) is 6.36. The van der Waals surface area contributed by atoms with Crippen molar-refractivity contribution in [2.45, 2.75) is 53.0 Å². The van der Waals surface area contributed by atoms with E-state index < -0.39 is 0 Å². The van der Waals surface area contributed by atoms with Crippen LogP contribution >= 0.6 is 11.6 Å². The molecule has 1 rings (SSSR count). The average Bonchev–Trinajstić information content (AvgIpc) is 2.36. The zero-order valence-corrected chi connectivity index (χ0v) is 13.5. The number of hydrogen-bond donors (Lipinski definition) is 1. The number of hydrogen-bond acceptors (Lipinski definition) is 1. The Kier molecular flexibility index (Phi) is 7.48. The van der Waals surface area contributed by atoms with Gasteiger partial charge in [-0.3, -0.25) is 0 Å². The third kappa shape index (κ3) is 6.44. The summed E-state index contributed by atoms with van der Waals surface area (Å²) in [7, 11) is 0. The van der Waals surface area contributed by atoms with Crippen LogP contribution in [0.4, 0.5) is 0 Å². The molecule has 1 nitrogen and oxygen atoms in total. The van der Waals surface area contributed by atoms with Gasteiger partial charge in [0.1, 0.15) is 0 Å². The molecule has 2 heteroatoms. The average molecular weight is 282 g/mol. The van der Waals surface area contributed by atoms with Crippen LogP contribution in [0.15, 0.2) is 24.3 Å². The predicted octanol–water partition coefficient (Wildman–Crippen LogP) is 4.93. The summed E-state index contributed by atoms with van der Waals surface area (Å²) in [5, 5.41) is 4.41. The normalized spacial score (nSPS) is 14.6. The van der Waals surface area contributed by atoms with Crippen molar-refractivity contribution in [3.8, 4) is 0 Å². The molecule has 2 unspecified atom stereocenters. The van der Waals surface area contributed by atoms with Gasteiger partial charge in [0.15, 0.2) is 0 Å². The summed E-state index contributed by atoms with van der Waals surface area (Å²) in [5.41, 5.74) is 1.39. The molecule has 0 saturated heterocycles. The van der Waals surface area contributed by atoms with Gasteiger partial charge >= 0.3 is 0 Å². The molecule has 19 heavy (non-hydrogen) atoms. The van der Waals surface area contributed by atoms with Crippen LogP contribution in [-0.2, 0) is 6.42 Å². The van der Waals surface area contributed by atoms with Gasteiger partial charge in [-0.15, -0.1) is 0 Å². The summed E-state index contributed by atoms with van der Waals surface area (Å²) in [5.74, 6) is 1.45. The SMILES string of the molecule is CCCC(C)C(CNC(C)C)Cc1ccc(Cl)cc1. The molecule has 0 aromatic heterocycles. The van der Waals surface area contributed by atoms with Gasteiger partial charge in [-0.25, -0.2) is 0 Å². The predicted molar refractivity (Wildman–Crippen MR) is 85.9 cm³/mol. The zero-order valence-electron chi connectivity index (χ0n) is 12.7. The van der Waals surface area contributed by atoms with Crippen LogP contribution < -0.4 is 5.32 Å². The first-order chi connectivity index (χ1) is 9.02. The van der Waals surface area contributed by atoms with Gasteiger partial charge in [0.25, 0.3) is 0 Å². The first-order valence-corrected chi connectivity index (χ1v) is 7.88. The fraction of sp³-hybridized carbons (Fsp3) is 0.647. The molecule has 0 spiro atoms. The highest BCUT2D eigenvalue weighted by atomic mass is 35.5. The van der Waals surface area contributed by atoms with E-state index in [4.69, 9.17) is 11.6 Å². The highest BCUT2D eigenvalue weighted by Crippen LogP contribution is 2.22. The second-order valence-electron chi connectivity index (χ2n) is 5.92. The van der Waals surface area contributed by atoms with Crippen molar-refractivity contribution in [1.82, 2.24) is 5.32 Å². The third-order valence-electron chi connectivity index (χ3n) is 3.75. The van der Waals surface area contributed by atoms with Gasteiger partial charge in [-0.05, 0) is 42.5 Å². The largest absolute Gasteiger partial charge is 0.314 e. The standard InChI is InChI=1S/C17H28ClN/c1-5-6-14(4)16(12-19-13(2)3)11-15-7-9-17(18)10-8-15/h7-10,13-14,16,19H,5-6,11-12H2,1-4H3. The van der Waals surface area contributed by atoms with Gasteiger partial charge in [0.05, 0.1) is 0 Å². The summed E-state index contributed by atoms with van der Waals surface area (Å²) >= 11 is 5.95. The fourth-order valence-electron chi connectivity index (χ4n) is 2.48. The van der Waals surface area contributed by atoms with Crippen molar-refractivity contribution >= 4 is 11.6 Å². The van der Waals surface area contributed by atoms with Crippen LogP contribution in [0.3, 0.4) is 0 Å². The maximum Gasteiger partial charge on any atom is 0.0406 e. The molecule has 0 bridgehead atoms. The lowest BCUT2D eigenvalue weighted by Crippen LogP contribution is -2.33. The minimum Gasteiger partial charge on any atom is -0.314 e. The van der Waals surface area contributed by atoms with Crippen molar-refractivity contribution in [3.05, 3.63) is 34.9 Å². The van der Waals surface area contributed by atoms with E-state index in [2.05, 4.69) is 45.1 Å². The summed E-state index contributed by atoms with van der Waals surface area (Å²) in [6.45, 7) is 10.2. The maximum absolute atomic E-state index is 5.95. The Morgan fingerprint density at radius 2 is 1.74 bits per heavy atom. The zero-order chi connectivity index (χ0) is 14.3. The third-order valence-corrected chi connectivity index (χ3v) is 4.00. The molecule has 2 atom stereocenters. The Bertz CT molecular complexity index is 345. The van der Waals surface area contributed by atoms with E-state index in [0.717, 1.165) is 23.9 Å². The van der Waals surface area contributed by atoms with Crippen LogP contribution in [0.1, 0.15) is 46.1 Å². The molecule has 108 valence electrons. The van der Waals surface area contributed by atoms with E-state index in [9.17, 15) is 0 Å². The van der Waals surface area contributed by atoms with Crippen molar-refractivity contribution < 1.29 is 0 Å². The Morgan fingerprint density at radius 1 is 1.11 bits per heavy atom. The van der Waals surface area contributed by atoms with E-state index in [-0.39, 0.29) is 0 Å². The Labute approximate surface area is 123 Å². The lowest BCUT2D eigenvalue weighted by molar-refractivity contribution is 0.310. The minimum atomic E-state index is 0.557. The monoisotopic (exact) mass is 281 g/mol. The second kappa shape index (κ2) is 8.60. The van der Waals surface area contributed by atoms with Gasteiger partial charge in [0, 0.05) is 11.1 Å². The number of benzene rings is 1. The van der Waals surface area contributed by atoms with Gasteiger partial charge in [0.2, 0.25) is 0 Å². The summed E-state index contributed by atoms with van der Waals surface area (Å²) < 4.78 is 0. The molecular weight excluding hydrogens is 254 g/mol. The smallest absolute Gasteiger partial charge is 0.0406 e. The summed E-state index contributed by atoms with van der Waals surface area (Å²) in [6, 6.07) is 8.86. The molecular formula is C17H28ClN. The van der Waals surface area contributed by atoms with Gasteiger partial charge in [-0.1, -0.05) is 64.3 Å². The van der Waals surface area contributed by atoms with Crippen molar-refractivity contribution in [2.24, 2.45) is 11.8 Å². The maximum atomic E-state index is 5.95. The van der Waals surface area contributed by atoms with Crippen molar-refractivity contribution in [1.29, 1.82) is 0 Å². The van der Waals surface area contributed by atoms with E-state index >= 15 is 0 Å². The Balaban J connectivity index is 2.64. The van der Waals surface area contributed by atoms with E-state index in [0.29, 0.717) is 12.0 Å². The molecule has 1 aromatic rings. The van der Waals surface area contributed by atoms with Gasteiger partial charge in [-0.2, -0.15) is 0 Å². The molecule has 0 aliphatic carbocycles. The quantitative estimate of drug-likeness (QED) is 0.712. The lowest BCUT2D eigenvalue weighted by Gasteiger charge is -2.25. The van der Waals surface area contributed by atoms with Crippen molar-refractivity contribution in [3.63, 3.8) is 0 Å². The van der Waals surface area contributed by atoms with E-state index in [1.807, 2.05) is 12.1 Å². The van der Waals surface area contributed by atoms with Gasteiger partial charge < -0.3 is 5.32 Å². The van der Waals surface area contributed by atoms with E-state index in [1.54, 1.807) is 0 Å².